The summed E-state index contributed by atoms with van der Waals surface area (Å²) in [5.74, 6) is 0.331. The first-order valence-electron chi connectivity index (χ1n) is 9.19. The van der Waals surface area contributed by atoms with Gasteiger partial charge in [-0.25, -0.2) is 0 Å². The molecule has 1 aliphatic rings. The molecule has 2 aromatic rings. The van der Waals surface area contributed by atoms with Crippen LogP contribution in [0.4, 0.5) is 0 Å². The summed E-state index contributed by atoms with van der Waals surface area (Å²) in [5, 5.41) is 0. The molecule has 2 aromatic carbocycles. The van der Waals surface area contributed by atoms with Crippen LogP contribution in [0, 0.1) is 0 Å². The van der Waals surface area contributed by atoms with E-state index >= 15 is 0 Å². The Balaban J connectivity index is 0.00000225. The van der Waals surface area contributed by atoms with Crippen molar-refractivity contribution in [3.8, 4) is 0 Å². The molecule has 0 spiro atoms. The number of quaternary nitrogens is 1. The van der Waals surface area contributed by atoms with Gasteiger partial charge in [0.05, 0.1) is 31.5 Å². The van der Waals surface area contributed by atoms with Crippen LogP contribution < -0.4 is 17.3 Å². The van der Waals surface area contributed by atoms with Crippen LogP contribution in [-0.4, -0.2) is 25.4 Å². The number of halogens is 1. The minimum atomic E-state index is -0.558. The minimum absolute atomic E-state index is 0. The van der Waals surface area contributed by atoms with Crippen LogP contribution in [-0.2, 0) is 10.2 Å². The van der Waals surface area contributed by atoms with Crippen molar-refractivity contribution < 1.29 is 22.1 Å². The number of carbonyl (C=O) groups excluding carboxylic acids is 1. The zero-order valence-corrected chi connectivity index (χ0v) is 15.8. The molecule has 0 atom stereocenters. The van der Waals surface area contributed by atoms with E-state index in [1.54, 1.807) is 4.90 Å². The van der Waals surface area contributed by atoms with E-state index in [1.165, 1.54) is 32.4 Å². The Bertz CT molecular complexity index is 611. The van der Waals surface area contributed by atoms with E-state index in [2.05, 4.69) is 31.2 Å². The number of Topliss-reactive ketones (excluding diaryl/α,β-unsaturated/α-hetero) is 1. The molecule has 1 aliphatic heterocycles. The Kier molecular flexibility index (Phi) is 7.22. The van der Waals surface area contributed by atoms with Crippen LogP contribution in [0.15, 0.2) is 60.7 Å². The van der Waals surface area contributed by atoms with Crippen LogP contribution in [0.25, 0.3) is 0 Å². The van der Waals surface area contributed by atoms with Crippen LogP contribution in [0.2, 0.25) is 0 Å². The van der Waals surface area contributed by atoms with Gasteiger partial charge in [0, 0.05) is 0 Å². The number of nitrogens with one attached hydrogen (secondary N) is 1. The summed E-state index contributed by atoms with van der Waals surface area (Å²) < 4.78 is 0. The standard InChI is InChI=1S/C22H27NO.ClH/c1-22(19-11-5-2-6-12-19,20-13-7-3-8-14-20)21(24)15-18-23-16-9-4-10-17-23;/h2-3,5-8,11-14H,4,9-10,15-18H2,1H3;1H. The van der Waals surface area contributed by atoms with Crippen LogP contribution in [0.3, 0.4) is 0 Å². The number of benzene rings is 2. The fraction of sp³-hybridized carbons (Fsp3) is 0.409. The third kappa shape index (κ3) is 4.50. The monoisotopic (exact) mass is 357 g/mol. The molecule has 1 heterocycles. The van der Waals surface area contributed by atoms with E-state index in [0.717, 1.165) is 17.7 Å². The summed E-state index contributed by atoms with van der Waals surface area (Å²) >= 11 is 0. The SMILES string of the molecule is CC(C(=O)CC[NH+]1CCCCC1)(c1ccccc1)c1ccccc1.[Cl-]. The molecule has 1 N–H and O–H groups in total. The maximum Gasteiger partial charge on any atom is 0.153 e. The first-order chi connectivity index (χ1) is 11.7. The molecule has 3 heteroatoms. The van der Waals surface area contributed by atoms with Gasteiger partial charge in [0.15, 0.2) is 5.78 Å². The van der Waals surface area contributed by atoms with E-state index in [0.29, 0.717) is 12.2 Å². The van der Waals surface area contributed by atoms with Crippen molar-refractivity contribution in [2.45, 2.75) is 38.0 Å². The van der Waals surface area contributed by atoms with Crippen molar-refractivity contribution in [2.75, 3.05) is 19.6 Å². The average molecular weight is 358 g/mol. The molecule has 1 fully saturated rings. The summed E-state index contributed by atoms with van der Waals surface area (Å²) in [5.41, 5.74) is 1.63. The van der Waals surface area contributed by atoms with E-state index in [4.69, 9.17) is 0 Å². The molecule has 3 rings (SSSR count). The van der Waals surface area contributed by atoms with Crippen LogP contribution >= 0.6 is 0 Å². The highest BCUT2D eigenvalue weighted by Crippen LogP contribution is 2.33. The second-order valence-electron chi connectivity index (χ2n) is 7.09. The highest BCUT2D eigenvalue weighted by molar-refractivity contribution is 5.93. The number of hydrogen-bond acceptors (Lipinski definition) is 1. The van der Waals surface area contributed by atoms with E-state index in [9.17, 15) is 4.79 Å². The fourth-order valence-corrected chi connectivity index (χ4v) is 3.87. The zero-order valence-electron chi connectivity index (χ0n) is 15.0. The quantitative estimate of drug-likeness (QED) is 0.773. The number of hydrogen-bond donors (Lipinski definition) is 1. The normalized spacial score (nSPS) is 15.4. The van der Waals surface area contributed by atoms with Crippen molar-refractivity contribution in [1.82, 2.24) is 0 Å². The van der Waals surface area contributed by atoms with Gasteiger partial charge in [-0.15, -0.1) is 0 Å². The maximum atomic E-state index is 13.3. The lowest BCUT2D eigenvalue weighted by Gasteiger charge is -2.31. The molecule has 0 bridgehead atoms. The average Bonchev–Trinajstić information content (AvgIpc) is 2.67. The Morgan fingerprint density at radius 2 is 1.36 bits per heavy atom. The molecule has 0 saturated carbocycles. The van der Waals surface area contributed by atoms with Gasteiger partial charge in [0.2, 0.25) is 0 Å². The Hall–Kier alpha value is -1.64. The summed E-state index contributed by atoms with van der Waals surface area (Å²) in [6, 6.07) is 20.5. The summed E-state index contributed by atoms with van der Waals surface area (Å²) in [4.78, 5) is 14.9. The summed E-state index contributed by atoms with van der Waals surface area (Å²) in [6.45, 7) is 5.50. The summed E-state index contributed by atoms with van der Waals surface area (Å²) in [6.07, 6.45) is 4.61. The van der Waals surface area contributed by atoms with Gasteiger partial charge in [-0.3, -0.25) is 4.79 Å². The molecule has 0 aliphatic carbocycles. The summed E-state index contributed by atoms with van der Waals surface area (Å²) in [7, 11) is 0. The molecule has 0 aromatic heterocycles. The first-order valence-corrected chi connectivity index (χ1v) is 9.19. The lowest BCUT2D eigenvalue weighted by molar-refractivity contribution is -0.904. The van der Waals surface area contributed by atoms with Crippen LogP contribution in [0.1, 0.15) is 43.7 Å². The third-order valence-corrected chi connectivity index (χ3v) is 5.53. The van der Waals surface area contributed by atoms with Gasteiger partial charge < -0.3 is 17.3 Å². The number of likely N-dealkylation sites (tertiary alicyclic amines) is 1. The zero-order chi connectivity index (χ0) is 16.8. The van der Waals surface area contributed by atoms with Gasteiger partial charge >= 0.3 is 0 Å². The second-order valence-corrected chi connectivity index (χ2v) is 7.09. The lowest BCUT2D eigenvalue weighted by Crippen LogP contribution is -3.12. The molecule has 1 saturated heterocycles. The van der Waals surface area contributed by atoms with E-state index in [1.807, 2.05) is 36.4 Å². The van der Waals surface area contributed by atoms with Crippen molar-refractivity contribution in [3.63, 3.8) is 0 Å². The van der Waals surface area contributed by atoms with Crippen molar-refractivity contribution >= 4 is 5.78 Å². The van der Waals surface area contributed by atoms with Gasteiger partial charge in [0.25, 0.3) is 0 Å². The smallest absolute Gasteiger partial charge is 0.153 e. The van der Waals surface area contributed by atoms with Crippen molar-refractivity contribution in [1.29, 1.82) is 0 Å². The van der Waals surface area contributed by atoms with Crippen molar-refractivity contribution in [3.05, 3.63) is 71.8 Å². The number of piperidine rings is 1. The topological polar surface area (TPSA) is 21.5 Å². The molecular weight excluding hydrogens is 330 g/mol. The number of ketones is 1. The molecular formula is C22H28ClNO. The predicted molar refractivity (Wildman–Crippen MR) is 98.4 cm³/mol. The van der Waals surface area contributed by atoms with Crippen LogP contribution in [0.5, 0.6) is 0 Å². The van der Waals surface area contributed by atoms with Gasteiger partial charge in [-0.2, -0.15) is 0 Å². The van der Waals surface area contributed by atoms with E-state index < -0.39 is 5.41 Å². The number of carbonyl (C=O) groups is 1. The maximum absolute atomic E-state index is 13.3. The van der Waals surface area contributed by atoms with Gasteiger partial charge in [-0.05, 0) is 37.3 Å². The molecule has 0 unspecified atom stereocenters. The van der Waals surface area contributed by atoms with Crippen molar-refractivity contribution in [2.24, 2.45) is 0 Å². The predicted octanol–water partition coefficient (Wildman–Crippen LogP) is 0.0246. The Labute approximate surface area is 157 Å². The van der Waals surface area contributed by atoms with Gasteiger partial charge in [-0.1, -0.05) is 60.7 Å². The molecule has 25 heavy (non-hydrogen) atoms. The molecule has 2 nitrogen and oxygen atoms in total. The highest BCUT2D eigenvalue weighted by atomic mass is 35.5. The van der Waals surface area contributed by atoms with Gasteiger partial charge in [0.1, 0.15) is 0 Å². The molecule has 0 radical (unpaired) electrons. The Morgan fingerprint density at radius 1 is 0.880 bits per heavy atom. The molecule has 134 valence electrons. The third-order valence-electron chi connectivity index (χ3n) is 5.53. The second kappa shape index (κ2) is 9.17. The fourth-order valence-electron chi connectivity index (χ4n) is 3.87. The number of rotatable bonds is 6. The first kappa shape index (κ1) is 19.7. The lowest BCUT2D eigenvalue weighted by atomic mass is 9.72. The largest absolute Gasteiger partial charge is 1.00 e. The Morgan fingerprint density at radius 3 is 1.84 bits per heavy atom. The highest BCUT2D eigenvalue weighted by Gasteiger charge is 2.36. The molecule has 0 amide bonds. The van der Waals surface area contributed by atoms with E-state index in [-0.39, 0.29) is 12.4 Å². The minimum Gasteiger partial charge on any atom is -1.00 e.